The molecule has 0 spiro atoms. The monoisotopic (exact) mass is 315 g/mol. The summed E-state index contributed by atoms with van der Waals surface area (Å²) in [5.41, 5.74) is 4.23. The average Bonchev–Trinajstić information content (AvgIpc) is 2.63. The van der Waals surface area contributed by atoms with Crippen LogP contribution in [0.1, 0.15) is 16.7 Å². The van der Waals surface area contributed by atoms with Gasteiger partial charge in [0.1, 0.15) is 5.82 Å². The number of hydrogen-bond acceptors (Lipinski definition) is 1. The molecule has 0 radical (unpaired) electrons. The van der Waals surface area contributed by atoms with Gasteiger partial charge in [0.25, 0.3) is 0 Å². The zero-order valence-corrected chi connectivity index (χ0v) is 13.2. The maximum atomic E-state index is 12.9. The summed E-state index contributed by atoms with van der Waals surface area (Å²) in [6.45, 7) is 0. The molecule has 0 heterocycles. The summed E-state index contributed by atoms with van der Waals surface area (Å²) in [5, 5.41) is 3.29. The van der Waals surface area contributed by atoms with Crippen molar-refractivity contribution in [2.75, 3.05) is 5.32 Å². The van der Waals surface area contributed by atoms with Crippen molar-refractivity contribution in [3.8, 4) is 0 Å². The number of nitrogens with one attached hydrogen (secondary N) is 1. The van der Waals surface area contributed by atoms with Crippen molar-refractivity contribution in [2.24, 2.45) is 0 Å². The van der Waals surface area contributed by atoms with Gasteiger partial charge in [-0.15, -0.1) is 0 Å². The summed E-state index contributed by atoms with van der Waals surface area (Å²) in [5.74, 6) is -0.225. The zero-order valence-electron chi connectivity index (χ0n) is 13.2. The number of hydrogen-bond donors (Lipinski definition) is 1. The van der Waals surface area contributed by atoms with E-state index in [0.29, 0.717) is 0 Å². The van der Waals surface area contributed by atoms with Crippen LogP contribution in [-0.2, 0) is 0 Å². The van der Waals surface area contributed by atoms with E-state index in [1.807, 2.05) is 48.7 Å². The van der Waals surface area contributed by atoms with Crippen molar-refractivity contribution in [3.63, 3.8) is 0 Å². The number of benzene rings is 3. The van der Waals surface area contributed by atoms with E-state index in [-0.39, 0.29) is 5.82 Å². The van der Waals surface area contributed by atoms with Crippen molar-refractivity contribution >= 4 is 23.9 Å². The molecule has 0 aliphatic carbocycles. The molecule has 0 fully saturated rings. The molecule has 0 aromatic heterocycles. The predicted molar refractivity (Wildman–Crippen MR) is 101 cm³/mol. The number of anilines is 1. The standard InChI is InChI=1S/C22H18FN/c23-21-14-11-19(12-15-21)16-17-24-22-9-5-4-8-20(22)13-10-18-6-2-1-3-7-18/h1-17,24H. The largest absolute Gasteiger partial charge is 0.361 e. The molecule has 3 aromatic carbocycles. The average molecular weight is 315 g/mol. The van der Waals surface area contributed by atoms with Crippen LogP contribution in [-0.4, -0.2) is 0 Å². The Hall–Kier alpha value is -3.13. The van der Waals surface area contributed by atoms with Crippen molar-refractivity contribution in [2.45, 2.75) is 0 Å². The smallest absolute Gasteiger partial charge is 0.123 e. The minimum absolute atomic E-state index is 0.225. The maximum absolute atomic E-state index is 12.9. The molecule has 24 heavy (non-hydrogen) atoms. The second kappa shape index (κ2) is 7.93. The van der Waals surface area contributed by atoms with Gasteiger partial charge in [0.05, 0.1) is 0 Å². The lowest BCUT2D eigenvalue weighted by molar-refractivity contribution is 0.628. The molecule has 3 aromatic rings. The van der Waals surface area contributed by atoms with Gasteiger partial charge in [-0.05, 0) is 41.0 Å². The molecule has 0 aliphatic rings. The van der Waals surface area contributed by atoms with Crippen LogP contribution in [0.15, 0.2) is 85.1 Å². The Kier molecular flexibility index (Phi) is 5.21. The molecule has 0 atom stereocenters. The van der Waals surface area contributed by atoms with Crippen LogP contribution < -0.4 is 5.32 Å². The van der Waals surface area contributed by atoms with E-state index in [0.717, 1.165) is 22.4 Å². The number of halogens is 1. The summed E-state index contributed by atoms with van der Waals surface area (Å²) in [7, 11) is 0. The molecule has 0 saturated carbocycles. The maximum Gasteiger partial charge on any atom is 0.123 e. The molecule has 3 rings (SSSR count). The summed E-state index contributed by atoms with van der Waals surface area (Å²) < 4.78 is 12.9. The topological polar surface area (TPSA) is 12.0 Å². The van der Waals surface area contributed by atoms with Crippen LogP contribution >= 0.6 is 0 Å². The van der Waals surface area contributed by atoms with Crippen molar-refractivity contribution in [3.05, 3.63) is 108 Å². The predicted octanol–water partition coefficient (Wildman–Crippen LogP) is 6.08. The van der Waals surface area contributed by atoms with Crippen molar-refractivity contribution in [1.29, 1.82) is 0 Å². The van der Waals surface area contributed by atoms with Gasteiger partial charge in [-0.25, -0.2) is 4.39 Å². The molecule has 0 unspecified atom stereocenters. The molecule has 2 heteroatoms. The van der Waals surface area contributed by atoms with Gasteiger partial charge in [0, 0.05) is 11.9 Å². The van der Waals surface area contributed by atoms with E-state index >= 15 is 0 Å². The highest BCUT2D eigenvalue weighted by Crippen LogP contribution is 2.18. The Morgan fingerprint density at radius 1 is 0.625 bits per heavy atom. The molecule has 1 N–H and O–H groups in total. The molecule has 0 aliphatic heterocycles. The molecule has 0 amide bonds. The highest BCUT2D eigenvalue weighted by Gasteiger charge is 1.96. The Morgan fingerprint density at radius 3 is 2.08 bits per heavy atom. The third-order valence-electron chi connectivity index (χ3n) is 3.60. The first-order valence-corrected chi connectivity index (χ1v) is 7.82. The Labute approximate surface area is 141 Å². The highest BCUT2D eigenvalue weighted by molar-refractivity contribution is 5.77. The van der Waals surface area contributed by atoms with Crippen LogP contribution in [0.2, 0.25) is 0 Å². The first-order valence-electron chi connectivity index (χ1n) is 7.82. The van der Waals surface area contributed by atoms with Crippen LogP contribution in [0.5, 0.6) is 0 Å². The van der Waals surface area contributed by atoms with Crippen LogP contribution in [0.4, 0.5) is 10.1 Å². The summed E-state index contributed by atoms with van der Waals surface area (Å²) in [6, 6.07) is 24.7. The summed E-state index contributed by atoms with van der Waals surface area (Å²) in [4.78, 5) is 0. The lowest BCUT2D eigenvalue weighted by Gasteiger charge is -2.05. The summed E-state index contributed by atoms with van der Waals surface area (Å²) >= 11 is 0. The first-order chi connectivity index (χ1) is 11.8. The lowest BCUT2D eigenvalue weighted by Crippen LogP contribution is -1.90. The van der Waals surface area contributed by atoms with Gasteiger partial charge in [-0.1, -0.05) is 72.8 Å². The zero-order chi connectivity index (χ0) is 16.6. The van der Waals surface area contributed by atoms with Gasteiger partial charge in [0.15, 0.2) is 0 Å². The van der Waals surface area contributed by atoms with E-state index in [1.54, 1.807) is 12.1 Å². The lowest BCUT2D eigenvalue weighted by atomic mass is 10.1. The van der Waals surface area contributed by atoms with Gasteiger partial charge in [-0.3, -0.25) is 0 Å². The van der Waals surface area contributed by atoms with Gasteiger partial charge < -0.3 is 5.32 Å². The SMILES string of the molecule is Fc1ccc(C=CNc2ccccc2C=Cc2ccccc2)cc1. The highest BCUT2D eigenvalue weighted by atomic mass is 19.1. The number of para-hydroxylation sites is 1. The molecule has 0 bridgehead atoms. The second-order valence-corrected chi connectivity index (χ2v) is 5.36. The van der Waals surface area contributed by atoms with Crippen LogP contribution in [0.25, 0.3) is 18.2 Å². The van der Waals surface area contributed by atoms with Crippen LogP contribution in [0.3, 0.4) is 0 Å². The number of rotatable bonds is 5. The quantitative estimate of drug-likeness (QED) is 0.563. The first kappa shape index (κ1) is 15.8. The second-order valence-electron chi connectivity index (χ2n) is 5.36. The molecule has 0 saturated heterocycles. The van der Waals surface area contributed by atoms with E-state index in [2.05, 4.69) is 35.7 Å². The van der Waals surface area contributed by atoms with Crippen molar-refractivity contribution < 1.29 is 4.39 Å². The third kappa shape index (κ3) is 4.43. The fourth-order valence-electron chi connectivity index (χ4n) is 2.33. The summed E-state index contributed by atoms with van der Waals surface area (Å²) in [6.07, 6.45) is 7.95. The Morgan fingerprint density at radius 2 is 1.29 bits per heavy atom. The fourth-order valence-corrected chi connectivity index (χ4v) is 2.33. The van der Waals surface area contributed by atoms with Crippen molar-refractivity contribution in [1.82, 2.24) is 0 Å². The minimum Gasteiger partial charge on any atom is -0.361 e. The van der Waals surface area contributed by atoms with Crippen LogP contribution in [0, 0.1) is 5.82 Å². The van der Waals surface area contributed by atoms with E-state index in [9.17, 15) is 4.39 Å². The molecule has 1 nitrogen and oxygen atoms in total. The molecular formula is C22H18FN. The van der Waals surface area contributed by atoms with Gasteiger partial charge in [-0.2, -0.15) is 0 Å². The molecular weight excluding hydrogens is 297 g/mol. The Bertz CT molecular complexity index is 833. The van der Waals surface area contributed by atoms with E-state index in [1.165, 1.54) is 12.1 Å². The van der Waals surface area contributed by atoms with E-state index < -0.39 is 0 Å². The van der Waals surface area contributed by atoms with E-state index in [4.69, 9.17) is 0 Å². The van der Waals surface area contributed by atoms with Gasteiger partial charge >= 0.3 is 0 Å². The fraction of sp³-hybridized carbons (Fsp3) is 0. The minimum atomic E-state index is -0.225. The van der Waals surface area contributed by atoms with Gasteiger partial charge in [0.2, 0.25) is 0 Å². The molecule has 118 valence electrons. The normalized spacial score (nSPS) is 11.2. The third-order valence-corrected chi connectivity index (χ3v) is 3.60. The Balaban J connectivity index is 1.72.